The molecule has 0 atom stereocenters. The molecule has 1 heterocycles. The summed E-state index contributed by atoms with van der Waals surface area (Å²) in [4.78, 5) is 10.1. The van der Waals surface area contributed by atoms with Crippen LogP contribution in [0.2, 0.25) is 0 Å². The Morgan fingerprint density at radius 2 is 2.08 bits per heavy atom. The molecule has 1 aliphatic rings. The molecule has 0 aliphatic carbocycles. The standard InChI is InChI=1S/C3H12N8O/c1-8-6-9(2)10(4)11(7-8)5-3-12/h3,6-7H,4H2,1-2H3,(H,5,12). The van der Waals surface area contributed by atoms with Crippen LogP contribution in [0.4, 0.5) is 0 Å². The molecule has 1 saturated heterocycles. The number of nitrogens with zero attached hydrogens (tertiary/aromatic N) is 4. The number of nitrogens with one attached hydrogen (secondary N) is 3. The molecule has 5 N–H and O–H groups in total. The molecule has 0 aromatic rings. The highest BCUT2D eigenvalue weighted by Gasteiger charge is 2.23. The molecule has 70 valence electrons. The first-order chi connectivity index (χ1) is 5.65. The minimum Gasteiger partial charge on any atom is -0.277 e. The number of hydrogen-bond donors (Lipinski definition) is 4. The van der Waals surface area contributed by atoms with Gasteiger partial charge in [0, 0.05) is 14.1 Å². The number of nitrogens with two attached hydrogens (primary N) is 1. The van der Waals surface area contributed by atoms with E-state index in [0.717, 1.165) is 5.23 Å². The van der Waals surface area contributed by atoms with Gasteiger partial charge >= 0.3 is 0 Å². The molecule has 0 bridgehead atoms. The molecule has 1 fully saturated rings. The van der Waals surface area contributed by atoms with Crippen LogP contribution in [0.5, 0.6) is 0 Å². The van der Waals surface area contributed by atoms with Gasteiger partial charge in [0.2, 0.25) is 6.41 Å². The van der Waals surface area contributed by atoms with Crippen molar-refractivity contribution in [2.75, 3.05) is 14.1 Å². The fourth-order valence-electron chi connectivity index (χ4n) is 0.745. The average Bonchev–Trinajstić information content (AvgIpc) is 2.00. The van der Waals surface area contributed by atoms with Crippen LogP contribution in [0.1, 0.15) is 0 Å². The summed E-state index contributed by atoms with van der Waals surface area (Å²) in [7, 11) is 3.39. The van der Waals surface area contributed by atoms with E-state index < -0.39 is 0 Å². The second-order valence-corrected chi connectivity index (χ2v) is 2.16. The highest BCUT2D eigenvalue weighted by molar-refractivity contribution is 5.44. The normalized spacial score (nSPS) is 24.2. The number of carbonyl (C=O) groups is 1. The van der Waals surface area contributed by atoms with Crippen LogP contribution in [0.3, 0.4) is 0 Å². The maximum atomic E-state index is 10.1. The van der Waals surface area contributed by atoms with Crippen molar-refractivity contribution in [3.8, 4) is 0 Å². The third-order valence-electron chi connectivity index (χ3n) is 1.23. The number of hydrazine groups is 8. The first-order valence-corrected chi connectivity index (χ1v) is 3.20. The van der Waals surface area contributed by atoms with Crippen molar-refractivity contribution in [1.82, 2.24) is 37.2 Å². The van der Waals surface area contributed by atoms with E-state index in [-0.39, 0.29) is 0 Å². The lowest BCUT2D eigenvalue weighted by molar-refractivity contribution is -0.345. The third-order valence-corrected chi connectivity index (χ3v) is 1.23. The van der Waals surface area contributed by atoms with E-state index in [9.17, 15) is 4.79 Å². The molecular weight excluding hydrogens is 164 g/mol. The summed E-state index contributed by atoms with van der Waals surface area (Å²) in [5, 5.41) is 5.27. The highest BCUT2D eigenvalue weighted by atomic mass is 16.3. The van der Waals surface area contributed by atoms with Gasteiger partial charge in [-0.05, 0) is 5.23 Å². The number of carbonyl (C=O) groups excluding carboxylic acids is 1. The summed E-state index contributed by atoms with van der Waals surface area (Å²) in [6.45, 7) is 0. The minimum atomic E-state index is 0.500. The van der Waals surface area contributed by atoms with Crippen LogP contribution in [0, 0.1) is 0 Å². The van der Waals surface area contributed by atoms with Gasteiger partial charge in [-0.15, -0.1) is 10.7 Å². The van der Waals surface area contributed by atoms with Crippen molar-refractivity contribution in [3.63, 3.8) is 0 Å². The number of rotatable bonds is 2. The van der Waals surface area contributed by atoms with Gasteiger partial charge in [-0.25, -0.2) is 5.84 Å². The summed E-state index contributed by atoms with van der Waals surface area (Å²) in [6, 6.07) is 0. The average molecular weight is 176 g/mol. The van der Waals surface area contributed by atoms with Crippen LogP contribution >= 0.6 is 0 Å². The zero-order valence-corrected chi connectivity index (χ0v) is 6.85. The van der Waals surface area contributed by atoms with Gasteiger partial charge < -0.3 is 0 Å². The maximum absolute atomic E-state index is 10.1. The lowest BCUT2D eigenvalue weighted by Crippen LogP contribution is -2.78. The topological polar surface area (TPSA) is 92.1 Å². The molecule has 0 aromatic heterocycles. The molecule has 9 nitrogen and oxygen atoms in total. The van der Waals surface area contributed by atoms with E-state index in [4.69, 9.17) is 5.84 Å². The Bertz CT molecular complexity index is 162. The summed E-state index contributed by atoms with van der Waals surface area (Å²) >= 11 is 0. The number of hydrogen-bond acceptors (Lipinski definition) is 8. The Morgan fingerprint density at radius 3 is 2.67 bits per heavy atom. The van der Waals surface area contributed by atoms with Crippen molar-refractivity contribution in [2.45, 2.75) is 0 Å². The summed E-state index contributed by atoms with van der Waals surface area (Å²) < 4.78 is 0. The largest absolute Gasteiger partial charge is 0.277 e. The molecular formula is C3H12N8O. The lowest BCUT2D eigenvalue weighted by atomic mass is 11.3. The molecule has 0 spiro atoms. The molecule has 1 rings (SSSR count). The van der Waals surface area contributed by atoms with Crippen molar-refractivity contribution in [2.24, 2.45) is 5.84 Å². The molecule has 0 saturated carbocycles. The Morgan fingerprint density at radius 1 is 1.42 bits per heavy atom. The van der Waals surface area contributed by atoms with Gasteiger partial charge in [0.25, 0.3) is 0 Å². The van der Waals surface area contributed by atoms with E-state index >= 15 is 0 Å². The van der Waals surface area contributed by atoms with Gasteiger partial charge in [-0.1, -0.05) is 5.23 Å². The molecule has 12 heavy (non-hydrogen) atoms. The summed E-state index contributed by atoms with van der Waals surface area (Å²) in [6.07, 6.45) is 0.500. The van der Waals surface area contributed by atoms with Crippen molar-refractivity contribution < 1.29 is 4.79 Å². The van der Waals surface area contributed by atoms with E-state index in [0.29, 0.717) is 6.41 Å². The van der Waals surface area contributed by atoms with E-state index in [1.165, 1.54) is 15.5 Å². The van der Waals surface area contributed by atoms with Crippen LogP contribution < -0.4 is 22.3 Å². The smallest absolute Gasteiger partial charge is 0.223 e. The molecule has 1 aliphatic heterocycles. The second-order valence-electron chi connectivity index (χ2n) is 2.16. The Kier molecular flexibility index (Phi) is 2.88. The van der Waals surface area contributed by atoms with E-state index in [1.807, 2.05) is 0 Å². The molecule has 0 unspecified atom stereocenters. The second kappa shape index (κ2) is 3.73. The van der Waals surface area contributed by atoms with Gasteiger partial charge in [-0.3, -0.25) is 10.2 Å². The maximum Gasteiger partial charge on any atom is 0.223 e. The first-order valence-electron chi connectivity index (χ1n) is 3.20. The van der Waals surface area contributed by atoms with Crippen molar-refractivity contribution in [3.05, 3.63) is 0 Å². The molecule has 0 radical (unpaired) electrons. The van der Waals surface area contributed by atoms with Crippen LogP contribution in [0.25, 0.3) is 0 Å². The molecule has 9 heteroatoms. The van der Waals surface area contributed by atoms with Crippen molar-refractivity contribution >= 4 is 6.41 Å². The SMILES string of the molecule is CN1NN(C)N(N)N(NC=O)N1. The van der Waals surface area contributed by atoms with E-state index in [2.05, 4.69) is 16.5 Å². The predicted octanol–water partition coefficient (Wildman–Crippen LogP) is -3.33. The first kappa shape index (κ1) is 9.28. The minimum absolute atomic E-state index is 0.500. The van der Waals surface area contributed by atoms with Gasteiger partial charge in [-0.2, -0.15) is 10.7 Å². The summed E-state index contributed by atoms with van der Waals surface area (Å²) in [5.41, 5.74) is 7.76. The molecule has 1 amide bonds. The highest BCUT2D eigenvalue weighted by Crippen LogP contribution is 1.91. The zero-order valence-electron chi connectivity index (χ0n) is 6.85. The van der Waals surface area contributed by atoms with Crippen LogP contribution in [0.15, 0.2) is 0 Å². The fourth-order valence-corrected chi connectivity index (χ4v) is 0.745. The molecule has 0 aromatic carbocycles. The van der Waals surface area contributed by atoms with E-state index in [1.54, 1.807) is 14.1 Å². The lowest BCUT2D eigenvalue weighted by Gasteiger charge is -2.43. The van der Waals surface area contributed by atoms with Gasteiger partial charge in [0.05, 0.1) is 0 Å². The zero-order chi connectivity index (χ0) is 9.14. The summed E-state index contributed by atoms with van der Waals surface area (Å²) in [5.74, 6) is 5.48. The quantitative estimate of drug-likeness (QED) is 0.256. The Labute approximate surface area is 69.4 Å². The third kappa shape index (κ3) is 1.86. The fraction of sp³-hybridized carbons (Fsp3) is 0.667. The van der Waals surface area contributed by atoms with Crippen LogP contribution in [-0.4, -0.2) is 41.2 Å². The Balaban J connectivity index is 2.53. The predicted molar refractivity (Wildman–Crippen MR) is 38.9 cm³/mol. The Hall–Kier alpha value is -0.810. The van der Waals surface area contributed by atoms with Crippen LogP contribution in [-0.2, 0) is 4.79 Å². The van der Waals surface area contributed by atoms with Gasteiger partial charge in [0.1, 0.15) is 0 Å². The van der Waals surface area contributed by atoms with Crippen molar-refractivity contribution in [1.29, 1.82) is 0 Å². The monoisotopic (exact) mass is 176 g/mol. The van der Waals surface area contributed by atoms with Gasteiger partial charge in [0.15, 0.2) is 0 Å². The number of amides is 1.